The number of nitrogens with one attached hydrogen (secondary N) is 10. The molecule has 4 rings (SSSR count). The van der Waals surface area contributed by atoms with Crippen LogP contribution in [0.5, 0.6) is 12.0 Å². The average molecular weight is 722 g/mol. The van der Waals surface area contributed by atoms with Crippen LogP contribution in [0.3, 0.4) is 0 Å². The Balaban J connectivity index is -0.000000115. The summed E-state index contributed by atoms with van der Waals surface area (Å²) in [5.74, 6) is 0. The van der Waals surface area contributed by atoms with Gasteiger partial charge in [-0.15, -0.1) is 0 Å². The van der Waals surface area contributed by atoms with Gasteiger partial charge >= 0.3 is 160 Å². The largest absolute Gasteiger partial charge is 1.00 e. The van der Waals surface area contributed by atoms with Gasteiger partial charge in [0, 0.05) is 51.4 Å². The number of nitrogens with zero attached hydrogens (tertiary/aromatic N) is 2. The molecule has 225 valence electrons. The van der Waals surface area contributed by atoms with Gasteiger partial charge in [-0.25, -0.2) is 47.9 Å². The third-order valence-corrected chi connectivity index (χ3v) is 2.30. The number of aromatic nitrogens is 12. The van der Waals surface area contributed by atoms with Crippen LogP contribution in [0, 0.1) is 0 Å². The number of H-pyrrole nitrogens is 10. The molecule has 18 N–H and O–H groups in total. The average Bonchev–Trinajstić information content (AvgIpc) is 3.18. The van der Waals surface area contributed by atoms with Crippen LogP contribution in [0.15, 0.2) is 47.9 Å². The minimum Gasteiger partial charge on any atom is -0.846 e. The molecule has 43 heavy (non-hydrogen) atoms. The van der Waals surface area contributed by atoms with Gasteiger partial charge in [0.05, 0.1) is 12.0 Å². The fourth-order valence-electron chi connectivity index (χ4n) is 1.28. The summed E-state index contributed by atoms with van der Waals surface area (Å²) in [7, 11) is 0. The monoisotopic (exact) mass is 721 g/mol. The molecule has 4 aromatic rings. The third-order valence-electron chi connectivity index (χ3n) is 2.30. The fourth-order valence-corrected chi connectivity index (χ4v) is 1.28. The molecular formula is C12H18K3N12O16. The third kappa shape index (κ3) is 27.7. The molecular weight excluding hydrogens is 685 g/mol. The van der Waals surface area contributed by atoms with E-state index >= 15 is 0 Å². The van der Waals surface area contributed by atoms with Crippen molar-refractivity contribution in [3.63, 3.8) is 0 Å². The van der Waals surface area contributed by atoms with Crippen molar-refractivity contribution in [2.75, 3.05) is 0 Å². The van der Waals surface area contributed by atoms with Crippen LogP contribution >= 0.6 is 0 Å². The maximum atomic E-state index is 10.6. The summed E-state index contributed by atoms with van der Waals surface area (Å²) >= 11 is 0. The van der Waals surface area contributed by atoms with Crippen LogP contribution in [0.4, 0.5) is 0 Å². The van der Waals surface area contributed by atoms with E-state index in [0.717, 1.165) is 0 Å². The summed E-state index contributed by atoms with van der Waals surface area (Å²) in [4.78, 5) is 109. The molecule has 0 aliphatic rings. The van der Waals surface area contributed by atoms with Gasteiger partial charge in [-0.1, -0.05) is 0 Å². The SMILES string of the molecule is [2H]O[2H].[2H]O[2H].[2H]O[2H].[2H]O[2H].[2H]n1c(=O)n([2H])c(=O)n([2H])c1=O.[2H]n1c(=O)n([2H])c(=O)n([2H])c1=O.[2H]n1c([O-])nc(=O)n([2H])c1=O.[2H]n1c([O-])nc(=O)n([2H])c1=O.[K+].[K+].[K]. The van der Waals surface area contributed by atoms with Crippen LogP contribution in [-0.2, 0) is 0 Å². The molecule has 28 nitrogen and oxygen atoms in total. The van der Waals surface area contributed by atoms with Gasteiger partial charge in [0.2, 0.25) is 11.4 Å². The maximum Gasteiger partial charge on any atom is 1.00 e. The van der Waals surface area contributed by atoms with Crippen LogP contribution in [-0.4, -0.2) is 144 Å². The molecule has 0 saturated heterocycles. The zero-order valence-corrected chi connectivity index (χ0v) is 30.3. The zero-order chi connectivity index (χ0) is 46.9. The quantitative estimate of drug-likeness (QED) is 0.0754. The smallest absolute Gasteiger partial charge is 0.846 e. The van der Waals surface area contributed by atoms with Gasteiger partial charge < -0.3 is 42.1 Å². The second-order valence-electron chi connectivity index (χ2n) is 4.73. The molecule has 31 heteroatoms. The Morgan fingerprint density at radius 1 is 0.442 bits per heavy atom. The molecule has 0 spiro atoms. The molecule has 0 aromatic carbocycles. The molecule has 0 saturated carbocycles. The Morgan fingerprint density at radius 2 is 0.605 bits per heavy atom. The molecule has 1 radical (unpaired) electrons. The molecule has 0 fully saturated rings. The molecule has 0 unspecified atom stereocenters. The predicted octanol–water partition coefficient (Wildman–Crippen LogP) is -19.1. The number of rotatable bonds is 0. The first-order valence-electron chi connectivity index (χ1n) is 15.6. The van der Waals surface area contributed by atoms with Crippen molar-refractivity contribution in [3.05, 3.63) is 105 Å². The van der Waals surface area contributed by atoms with E-state index in [0.29, 0.717) is 0 Å². The standard InChI is InChI=1S/4C3H3N3O3.3K.4H2O/c4*7-1-4-2(8)6-3(9)5-1;;;;;;;/h4*(H3,4,5,6,7,8,9);;;;4*1H2/q;;;;;2*+1;;;;/p-2/i/hD18. The van der Waals surface area contributed by atoms with E-state index < -0.39 is 68.9 Å². The molecule has 4 heterocycles. The van der Waals surface area contributed by atoms with Crippen molar-refractivity contribution in [2.45, 2.75) is 0 Å². The minimum atomic E-state index is -1.39. The van der Waals surface area contributed by atoms with Crippen LogP contribution in [0.1, 0.15) is 0 Å². The fraction of sp³-hybridized carbons (Fsp3) is 0. The Labute approximate surface area is 383 Å². The number of aromatic amines is 10. The molecule has 0 amide bonds. The van der Waals surface area contributed by atoms with Gasteiger partial charge in [-0.05, 0) is 0 Å². The minimum absolute atomic E-state index is 0. The van der Waals surface area contributed by atoms with Gasteiger partial charge in [-0.2, -0.15) is 9.97 Å². The van der Waals surface area contributed by atoms with Crippen molar-refractivity contribution >= 4 is 51.4 Å². The van der Waals surface area contributed by atoms with Gasteiger partial charge in [0.15, 0.2) is 14.1 Å². The molecule has 0 aliphatic heterocycles. The van der Waals surface area contributed by atoms with Gasteiger partial charge in [0.25, 0.3) is 0 Å². The number of hydrogen-bond acceptors (Lipinski definition) is 14. The van der Waals surface area contributed by atoms with E-state index in [2.05, 4.69) is 31.9 Å². The summed E-state index contributed by atoms with van der Waals surface area (Å²) in [6.45, 7) is 0. The second-order valence-corrected chi connectivity index (χ2v) is 4.73. The van der Waals surface area contributed by atoms with E-state index in [1.807, 2.05) is 0 Å². The topological polar surface area (TPSA) is 526 Å². The Bertz CT molecular complexity index is 2160. The van der Waals surface area contributed by atoms with Gasteiger partial charge in [0.1, 0.15) is 0 Å². The molecule has 0 bridgehead atoms. The van der Waals surface area contributed by atoms with E-state index in [4.69, 9.17) is 25.6 Å². The van der Waals surface area contributed by atoms with Crippen LogP contribution in [0.2, 0.25) is 14.1 Å². The van der Waals surface area contributed by atoms with E-state index in [1.165, 1.54) is 0 Å². The summed E-state index contributed by atoms with van der Waals surface area (Å²) in [6, 6.07) is -2.55. The Morgan fingerprint density at radius 3 is 0.791 bits per heavy atom. The van der Waals surface area contributed by atoms with E-state index in [9.17, 15) is 58.2 Å². The van der Waals surface area contributed by atoms with Gasteiger partial charge in [-0.3, -0.25) is 39.8 Å². The molecule has 0 aliphatic carbocycles. The first-order chi connectivity index (χ1) is 26.7. The first kappa shape index (κ1) is 24.6. The van der Waals surface area contributed by atoms with Crippen molar-refractivity contribution < 1.29 is 149 Å². The summed E-state index contributed by atoms with van der Waals surface area (Å²) in [5.41, 5.74) is -2.57. The first-order valence-corrected chi connectivity index (χ1v) is 7.82. The second kappa shape index (κ2) is 29.1. The zero-order valence-electron chi connectivity index (χ0n) is 38.9. The van der Waals surface area contributed by atoms with Crippen LogP contribution in [0.25, 0.3) is 0 Å². The molecule has 0 atom stereocenters. The van der Waals surface area contributed by atoms with E-state index in [1.54, 1.807) is 0 Å². The van der Waals surface area contributed by atoms with Crippen molar-refractivity contribution in [3.8, 4) is 12.0 Å². The van der Waals surface area contributed by atoms with Crippen LogP contribution < -0.4 is 170 Å². The predicted molar refractivity (Wildman–Crippen MR) is 127 cm³/mol. The summed E-state index contributed by atoms with van der Waals surface area (Å²) in [5, 5.41) is 20.8. The Hall–Kier alpha value is -1.61. The van der Waals surface area contributed by atoms with Crippen molar-refractivity contribution in [1.29, 1.82) is 11.4 Å². The van der Waals surface area contributed by atoms with Crippen molar-refractivity contribution in [1.82, 2.24) is 59.7 Å². The number of hydrogen-bond donors (Lipinski definition) is 10. The van der Waals surface area contributed by atoms with Crippen molar-refractivity contribution in [2.24, 2.45) is 0 Å². The maximum absolute atomic E-state index is 10.6. The normalized spacial score (nSPS) is 12.9. The Kier molecular flexibility index (Phi) is 16.7. The molecule has 4 aromatic heterocycles. The van der Waals surface area contributed by atoms with E-state index in [-0.39, 0.29) is 204 Å². The summed E-state index contributed by atoms with van der Waals surface area (Å²) in [6.07, 6.45) is 0. The summed E-state index contributed by atoms with van der Waals surface area (Å²) < 4.78 is 110.